The van der Waals surface area contributed by atoms with Gasteiger partial charge in [-0.25, -0.2) is 4.79 Å². The van der Waals surface area contributed by atoms with Crippen LogP contribution >= 0.6 is 0 Å². The fourth-order valence-electron chi connectivity index (χ4n) is 2.03. The van der Waals surface area contributed by atoms with Crippen molar-refractivity contribution in [3.63, 3.8) is 0 Å². The first-order chi connectivity index (χ1) is 9.89. The lowest BCUT2D eigenvalue weighted by molar-refractivity contribution is -0.384. The second kappa shape index (κ2) is 7.03. The Balaban J connectivity index is 3.03. The third kappa shape index (κ3) is 3.91. The van der Waals surface area contributed by atoms with Crippen molar-refractivity contribution in [1.82, 2.24) is 0 Å². The van der Waals surface area contributed by atoms with E-state index >= 15 is 0 Å². The number of benzene rings is 1. The fraction of sp³-hybridized carbons (Fsp3) is 0.500. The van der Waals surface area contributed by atoms with Gasteiger partial charge in [-0.1, -0.05) is 13.8 Å². The van der Waals surface area contributed by atoms with Crippen LogP contribution in [-0.2, 0) is 0 Å². The lowest BCUT2D eigenvalue weighted by Crippen LogP contribution is -2.32. The van der Waals surface area contributed by atoms with E-state index in [1.807, 2.05) is 13.8 Å². The number of hydrogen-bond donors (Lipinski definition) is 3. The number of hydrogen-bond acceptors (Lipinski definition) is 5. The lowest BCUT2D eigenvalue weighted by atomic mass is 9.83. The van der Waals surface area contributed by atoms with E-state index in [9.17, 15) is 20.0 Å². The molecule has 0 saturated heterocycles. The normalized spacial score (nSPS) is 11.2. The zero-order valence-electron chi connectivity index (χ0n) is 12.1. The molecule has 116 valence electrons. The maximum absolute atomic E-state index is 11.1. The molecule has 0 aliphatic heterocycles. The maximum atomic E-state index is 11.1. The van der Waals surface area contributed by atoms with Gasteiger partial charge in [-0.3, -0.25) is 10.1 Å². The van der Waals surface area contributed by atoms with Crippen LogP contribution in [0.4, 0.5) is 11.4 Å². The highest BCUT2D eigenvalue weighted by molar-refractivity contribution is 5.89. The smallest absolute Gasteiger partial charge is 0.335 e. The number of nitrogens with one attached hydrogen (secondary N) is 1. The first-order valence-electron chi connectivity index (χ1n) is 6.75. The number of nitrogens with zero attached hydrogens (tertiary/aromatic N) is 1. The highest BCUT2D eigenvalue weighted by Crippen LogP contribution is 2.30. The van der Waals surface area contributed by atoms with Crippen molar-refractivity contribution < 1.29 is 19.9 Å². The zero-order chi connectivity index (χ0) is 16.0. The van der Waals surface area contributed by atoms with Crippen molar-refractivity contribution in [2.75, 3.05) is 18.5 Å². The molecule has 0 fully saturated rings. The first-order valence-corrected chi connectivity index (χ1v) is 6.75. The average Bonchev–Trinajstić information content (AvgIpc) is 2.49. The monoisotopic (exact) mass is 296 g/mol. The predicted octanol–water partition coefficient (Wildman–Crippen LogP) is 2.50. The highest BCUT2D eigenvalue weighted by atomic mass is 16.6. The van der Waals surface area contributed by atoms with E-state index in [-0.39, 0.29) is 29.0 Å². The molecule has 1 aromatic rings. The molecule has 0 unspecified atom stereocenters. The van der Waals surface area contributed by atoms with E-state index in [0.29, 0.717) is 6.54 Å². The average molecular weight is 296 g/mol. The second-order valence-corrected chi connectivity index (χ2v) is 5.01. The summed E-state index contributed by atoms with van der Waals surface area (Å²) in [5, 5.41) is 32.4. The minimum atomic E-state index is -1.21. The van der Waals surface area contributed by atoms with Gasteiger partial charge in [0, 0.05) is 18.0 Å². The number of anilines is 1. The molecule has 0 amide bonds. The van der Waals surface area contributed by atoms with Crippen molar-refractivity contribution >= 4 is 17.3 Å². The van der Waals surface area contributed by atoms with Crippen molar-refractivity contribution in [1.29, 1.82) is 0 Å². The Morgan fingerprint density at radius 1 is 1.38 bits per heavy atom. The zero-order valence-corrected chi connectivity index (χ0v) is 12.1. The number of aliphatic hydroxyl groups excluding tert-OH is 1. The third-order valence-corrected chi connectivity index (χ3v) is 3.93. The highest BCUT2D eigenvalue weighted by Gasteiger charge is 2.26. The van der Waals surface area contributed by atoms with E-state index in [2.05, 4.69) is 5.32 Å². The van der Waals surface area contributed by atoms with Crippen molar-refractivity contribution in [3.05, 3.63) is 33.9 Å². The topological polar surface area (TPSA) is 113 Å². The SMILES string of the molecule is CCC(CC)(CO)CNc1ccc(C(=O)O)cc1[N+](=O)[O-]. The van der Waals surface area contributed by atoms with Gasteiger partial charge in [0.1, 0.15) is 5.69 Å². The number of carbonyl (C=O) groups is 1. The molecule has 0 spiro atoms. The van der Waals surface area contributed by atoms with Gasteiger partial charge in [-0.15, -0.1) is 0 Å². The number of aliphatic hydroxyl groups is 1. The van der Waals surface area contributed by atoms with Crippen LogP contribution in [0.25, 0.3) is 0 Å². The van der Waals surface area contributed by atoms with Gasteiger partial charge < -0.3 is 15.5 Å². The Bertz CT molecular complexity index is 518. The van der Waals surface area contributed by atoms with Gasteiger partial charge in [0.25, 0.3) is 5.69 Å². The van der Waals surface area contributed by atoms with Crippen LogP contribution in [0.2, 0.25) is 0 Å². The van der Waals surface area contributed by atoms with Crippen molar-refractivity contribution in [2.45, 2.75) is 26.7 Å². The van der Waals surface area contributed by atoms with Gasteiger partial charge in [0.2, 0.25) is 0 Å². The number of rotatable bonds is 8. The molecule has 0 saturated carbocycles. The molecule has 0 atom stereocenters. The molecular weight excluding hydrogens is 276 g/mol. The summed E-state index contributed by atoms with van der Waals surface area (Å²) in [4.78, 5) is 21.3. The molecule has 3 N–H and O–H groups in total. The van der Waals surface area contributed by atoms with Crippen molar-refractivity contribution in [2.24, 2.45) is 5.41 Å². The maximum Gasteiger partial charge on any atom is 0.335 e. The number of carboxylic acid groups (broad SMARTS) is 1. The minimum Gasteiger partial charge on any atom is -0.478 e. The molecule has 21 heavy (non-hydrogen) atoms. The molecule has 0 aromatic heterocycles. The van der Waals surface area contributed by atoms with E-state index in [4.69, 9.17) is 5.11 Å². The van der Waals surface area contributed by atoms with Gasteiger partial charge >= 0.3 is 5.97 Å². The molecule has 1 aromatic carbocycles. The number of nitro benzene ring substituents is 1. The summed E-state index contributed by atoms with van der Waals surface area (Å²) in [5.74, 6) is -1.21. The summed E-state index contributed by atoms with van der Waals surface area (Å²) >= 11 is 0. The molecule has 7 nitrogen and oxygen atoms in total. The lowest BCUT2D eigenvalue weighted by Gasteiger charge is -2.29. The Morgan fingerprint density at radius 2 is 2.00 bits per heavy atom. The number of nitro groups is 1. The van der Waals surface area contributed by atoms with Gasteiger partial charge in [-0.05, 0) is 25.0 Å². The van der Waals surface area contributed by atoms with E-state index < -0.39 is 10.9 Å². The minimum absolute atomic E-state index is 0.0198. The Morgan fingerprint density at radius 3 is 2.43 bits per heavy atom. The largest absolute Gasteiger partial charge is 0.478 e. The number of carboxylic acids is 1. The molecule has 0 heterocycles. The number of aromatic carboxylic acids is 1. The summed E-state index contributed by atoms with van der Waals surface area (Å²) in [6, 6.07) is 3.73. The van der Waals surface area contributed by atoms with Crippen LogP contribution in [0, 0.1) is 15.5 Å². The second-order valence-electron chi connectivity index (χ2n) is 5.01. The van der Waals surface area contributed by atoms with E-state index in [0.717, 1.165) is 18.9 Å². The van der Waals surface area contributed by atoms with Crippen LogP contribution in [0.1, 0.15) is 37.0 Å². The van der Waals surface area contributed by atoms with E-state index in [1.165, 1.54) is 12.1 Å². The molecular formula is C14H20N2O5. The molecule has 7 heteroatoms. The quantitative estimate of drug-likeness (QED) is 0.502. The summed E-state index contributed by atoms with van der Waals surface area (Å²) in [7, 11) is 0. The first kappa shape index (κ1) is 16.9. The van der Waals surface area contributed by atoms with Crippen LogP contribution in [0.3, 0.4) is 0 Å². The molecule has 0 aliphatic carbocycles. The predicted molar refractivity (Wildman–Crippen MR) is 78.6 cm³/mol. The molecule has 0 aliphatic rings. The van der Waals surface area contributed by atoms with Crippen LogP contribution in [0.15, 0.2) is 18.2 Å². The van der Waals surface area contributed by atoms with Gasteiger partial charge in [0.05, 0.1) is 17.1 Å². The fourth-order valence-corrected chi connectivity index (χ4v) is 2.03. The van der Waals surface area contributed by atoms with E-state index in [1.54, 1.807) is 0 Å². The summed E-state index contributed by atoms with van der Waals surface area (Å²) in [6.07, 6.45) is 1.46. The van der Waals surface area contributed by atoms with Gasteiger partial charge in [0.15, 0.2) is 0 Å². The molecule has 1 rings (SSSR count). The van der Waals surface area contributed by atoms with Gasteiger partial charge in [-0.2, -0.15) is 0 Å². The summed E-state index contributed by atoms with van der Waals surface area (Å²) in [5.41, 5.74) is -0.510. The van der Waals surface area contributed by atoms with Crippen LogP contribution < -0.4 is 5.32 Å². The van der Waals surface area contributed by atoms with Crippen molar-refractivity contribution in [3.8, 4) is 0 Å². The molecule has 0 radical (unpaired) electrons. The standard InChI is InChI=1S/C14H20N2O5/c1-3-14(4-2,9-17)8-15-11-6-5-10(13(18)19)7-12(11)16(20)21/h5-7,15,17H,3-4,8-9H2,1-2H3,(H,18,19). The Kier molecular flexibility index (Phi) is 5.66. The Hall–Kier alpha value is -2.15. The van der Waals surface area contributed by atoms with Crippen LogP contribution in [-0.4, -0.2) is 34.3 Å². The summed E-state index contributed by atoms with van der Waals surface area (Å²) < 4.78 is 0. The molecule has 0 bridgehead atoms. The van der Waals surface area contributed by atoms with Crippen LogP contribution in [0.5, 0.6) is 0 Å². The third-order valence-electron chi connectivity index (χ3n) is 3.93. The Labute approximate surface area is 122 Å². The summed E-state index contributed by atoms with van der Waals surface area (Å²) in [6.45, 7) is 4.25.